The van der Waals surface area contributed by atoms with Crippen LogP contribution in [0.2, 0.25) is 0 Å². The molecule has 8 heteroatoms. The second-order valence-corrected chi connectivity index (χ2v) is 9.28. The number of hydrazone groups is 1. The third-order valence-corrected chi connectivity index (χ3v) is 4.92. The molecule has 0 unspecified atom stereocenters. The van der Waals surface area contributed by atoms with Crippen molar-refractivity contribution in [1.29, 1.82) is 0 Å². The van der Waals surface area contributed by atoms with Gasteiger partial charge in [-0.25, -0.2) is 10.2 Å². The summed E-state index contributed by atoms with van der Waals surface area (Å²) >= 11 is 0. The van der Waals surface area contributed by atoms with E-state index in [0.29, 0.717) is 13.2 Å². The van der Waals surface area contributed by atoms with Gasteiger partial charge in [-0.15, -0.1) is 0 Å². The van der Waals surface area contributed by atoms with Gasteiger partial charge < -0.3 is 19.5 Å². The Morgan fingerprint density at radius 1 is 0.865 bits per heavy atom. The number of hydrogen-bond acceptors (Lipinski definition) is 6. The number of carbonyl (C=O) groups is 2. The molecule has 8 nitrogen and oxygen atoms in total. The van der Waals surface area contributed by atoms with Gasteiger partial charge in [-0.3, -0.25) is 4.79 Å². The minimum absolute atomic E-state index is 0.0526. The Labute approximate surface area is 217 Å². The summed E-state index contributed by atoms with van der Waals surface area (Å²) in [6, 6.07) is 25.8. The zero-order chi connectivity index (χ0) is 26.5. The molecule has 0 aromatic heterocycles. The van der Waals surface area contributed by atoms with Crippen molar-refractivity contribution in [2.75, 3.05) is 6.61 Å². The van der Waals surface area contributed by atoms with Crippen LogP contribution in [0.3, 0.4) is 0 Å². The van der Waals surface area contributed by atoms with Crippen molar-refractivity contribution in [3.05, 3.63) is 102 Å². The first-order valence-corrected chi connectivity index (χ1v) is 12.0. The Balaban J connectivity index is 1.53. The summed E-state index contributed by atoms with van der Waals surface area (Å²) in [7, 11) is 0. The third kappa shape index (κ3) is 10.5. The number of benzene rings is 3. The van der Waals surface area contributed by atoms with Crippen LogP contribution in [0.1, 0.15) is 37.5 Å². The van der Waals surface area contributed by atoms with Crippen LogP contribution < -0.4 is 15.5 Å². The predicted molar refractivity (Wildman–Crippen MR) is 142 cm³/mol. The number of nitrogens with one attached hydrogen (secondary N) is 2. The van der Waals surface area contributed by atoms with Gasteiger partial charge in [0.1, 0.15) is 24.0 Å². The molecule has 0 aliphatic carbocycles. The minimum atomic E-state index is -0.996. The van der Waals surface area contributed by atoms with E-state index in [1.54, 1.807) is 20.8 Å². The van der Waals surface area contributed by atoms with Crippen molar-refractivity contribution in [3.8, 4) is 5.75 Å². The van der Waals surface area contributed by atoms with Crippen LogP contribution in [0, 0.1) is 0 Å². The Bertz CT molecular complexity index is 1140. The molecule has 0 saturated carbocycles. The SMILES string of the molecule is CC(C)(C)OC(=O)N[C@@H](COCc1ccccc1)C(=O)N/N=C\c1ccc(OCc2ccccc2)cc1. The first kappa shape index (κ1) is 27.4. The average Bonchev–Trinajstić information content (AvgIpc) is 2.88. The summed E-state index contributed by atoms with van der Waals surface area (Å²) < 4.78 is 16.7. The van der Waals surface area contributed by atoms with E-state index >= 15 is 0 Å². The van der Waals surface area contributed by atoms with Crippen LogP contribution >= 0.6 is 0 Å². The molecule has 2 amide bonds. The van der Waals surface area contributed by atoms with E-state index in [4.69, 9.17) is 14.2 Å². The van der Waals surface area contributed by atoms with Gasteiger partial charge in [0, 0.05) is 0 Å². The summed E-state index contributed by atoms with van der Waals surface area (Å²) in [5.74, 6) is 0.195. The number of ether oxygens (including phenoxy) is 3. The topological polar surface area (TPSA) is 98.2 Å². The molecule has 194 valence electrons. The molecule has 1 atom stereocenters. The van der Waals surface area contributed by atoms with Crippen LogP contribution in [-0.2, 0) is 27.5 Å². The molecule has 0 spiro atoms. The largest absolute Gasteiger partial charge is 0.489 e. The van der Waals surface area contributed by atoms with E-state index in [2.05, 4.69) is 15.8 Å². The monoisotopic (exact) mass is 503 g/mol. The van der Waals surface area contributed by atoms with Crippen molar-refractivity contribution >= 4 is 18.2 Å². The second kappa shape index (κ2) is 13.8. The lowest BCUT2D eigenvalue weighted by Crippen LogP contribution is -2.49. The third-order valence-electron chi connectivity index (χ3n) is 4.92. The minimum Gasteiger partial charge on any atom is -0.489 e. The van der Waals surface area contributed by atoms with E-state index in [0.717, 1.165) is 22.4 Å². The molecule has 3 aromatic rings. The molecule has 3 aromatic carbocycles. The molecular formula is C29H33N3O5. The van der Waals surface area contributed by atoms with Crippen LogP contribution in [0.15, 0.2) is 90.0 Å². The summed E-state index contributed by atoms with van der Waals surface area (Å²) in [5.41, 5.74) is 4.56. The average molecular weight is 504 g/mol. The van der Waals surface area contributed by atoms with Crippen LogP contribution in [-0.4, -0.2) is 36.5 Å². The number of rotatable bonds is 11. The van der Waals surface area contributed by atoms with Crippen molar-refractivity contribution in [2.45, 2.75) is 45.6 Å². The van der Waals surface area contributed by atoms with Gasteiger partial charge >= 0.3 is 6.09 Å². The molecule has 37 heavy (non-hydrogen) atoms. The van der Waals surface area contributed by atoms with E-state index < -0.39 is 23.6 Å². The summed E-state index contributed by atoms with van der Waals surface area (Å²) in [4.78, 5) is 25.0. The molecule has 0 heterocycles. The lowest BCUT2D eigenvalue weighted by atomic mass is 10.2. The van der Waals surface area contributed by atoms with Crippen molar-refractivity contribution < 1.29 is 23.8 Å². The van der Waals surface area contributed by atoms with Crippen LogP contribution in [0.5, 0.6) is 5.75 Å². The van der Waals surface area contributed by atoms with Gasteiger partial charge in [0.15, 0.2) is 0 Å². The normalized spacial score (nSPS) is 12.1. The van der Waals surface area contributed by atoms with Gasteiger partial charge in [-0.05, 0) is 61.7 Å². The quantitative estimate of drug-likeness (QED) is 0.289. The highest BCUT2D eigenvalue weighted by Gasteiger charge is 2.24. The van der Waals surface area contributed by atoms with E-state index in [-0.39, 0.29) is 6.61 Å². The van der Waals surface area contributed by atoms with Gasteiger partial charge in [0.25, 0.3) is 5.91 Å². The fraction of sp³-hybridized carbons (Fsp3) is 0.276. The zero-order valence-electron chi connectivity index (χ0n) is 21.3. The van der Waals surface area contributed by atoms with Crippen LogP contribution in [0.25, 0.3) is 0 Å². The smallest absolute Gasteiger partial charge is 0.408 e. The van der Waals surface area contributed by atoms with Crippen molar-refractivity contribution in [1.82, 2.24) is 10.7 Å². The highest BCUT2D eigenvalue weighted by atomic mass is 16.6. The number of alkyl carbamates (subject to hydrolysis) is 1. The summed E-state index contributed by atoms with van der Waals surface area (Å²) in [6.07, 6.45) is 0.792. The van der Waals surface area contributed by atoms with E-state index in [9.17, 15) is 9.59 Å². The fourth-order valence-electron chi connectivity index (χ4n) is 3.14. The van der Waals surface area contributed by atoms with Gasteiger partial charge in [0.05, 0.1) is 19.4 Å². The van der Waals surface area contributed by atoms with E-state index in [1.165, 1.54) is 6.21 Å². The maximum atomic E-state index is 12.8. The lowest BCUT2D eigenvalue weighted by Gasteiger charge is -2.22. The lowest BCUT2D eigenvalue weighted by molar-refractivity contribution is -0.124. The molecular weight excluding hydrogens is 470 g/mol. The number of nitrogens with zero attached hydrogens (tertiary/aromatic N) is 1. The Kier molecular flexibility index (Phi) is 10.2. The molecule has 0 aliphatic heterocycles. The highest BCUT2D eigenvalue weighted by molar-refractivity contribution is 5.87. The molecule has 0 aliphatic rings. The van der Waals surface area contributed by atoms with E-state index in [1.807, 2.05) is 84.9 Å². The number of amides is 2. The highest BCUT2D eigenvalue weighted by Crippen LogP contribution is 2.13. The van der Waals surface area contributed by atoms with Gasteiger partial charge in [-0.2, -0.15) is 5.10 Å². The van der Waals surface area contributed by atoms with Crippen LogP contribution in [0.4, 0.5) is 4.79 Å². The molecule has 0 saturated heterocycles. The first-order valence-electron chi connectivity index (χ1n) is 12.0. The summed E-state index contributed by atoms with van der Waals surface area (Å²) in [6.45, 7) is 5.95. The molecule has 3 rings (SSSR count). The fourth-order valence-corrected chi connectivity index (χ4v) is 3.14. The van der Waals surface area contributed by atoms with Gasteiger partial charge in [0.2, 0.25) is 0 Å². The first-order chi connectivity index (χ1) is 17.8. The molecule has 0 bridgehead atoms. The maximum Gasteiger partial charge on any atom is 0.408 e. The maximum absolute atomic E-state index is 12.8. The Hall–Kier alpha value is -4.17. The zero-order valence-corrected chi connectivity index (χ0v) is 21.3. The number of hydrogen-bond donors (Lipinski definition) is 2. The molecule has 2 N–H and O–H groups in total. The second-order valence-electron chi connectivity index (χ2n) is 9.28. The standard InChI is InChI=1S/C29H33N3O5/c1-29(2,3)37-28(34)31-26(21-35-19-23-10-6-4-7-11-23)27(33)32-30-18-22-14-16-25(17-15-22)36-20-24-12-8-5-9-13-24/h4-18,26H,19-21H2,1-3H3,(H,31,34)(H,32,33)/b30-18-/t26-/m0/s1. The predicted octanol–water partition coefficient (Wildman–Crippen LogP) is 4.83. The summed E-state index contributed by atoms with van der Waals surface area (Å²) in [5, 5.41) is 6.58. The molecule has 0 radical (unpaired) electrons. The van der Waals surface area contributed by atoms with Crippen molar-refractivity contribution in [3.63, 3.8) is 0 Å². The van der Waals surface area contributed by atoms with Gasteiger partial charge in [-0.1, -0.05) is 60.7 Å². The molecule has 0 fully saturated rings. The Morgan fingerprint density at radius 2 is 1.46 bits per heavy atom. The van der Waals surface area contributed by atoms with Crippen molar-refractivity contribution in [2.24, 2.45) is 5.10 Å². The number of carbonyl (C=O) groups excluding carboxylic acids is 2. The Morgan fingerprint density at radius 3 is 2.05 bits per heavy atom.